The van der Waals surface area contributed by atoms with Crippen LogP contribution in [0.15, 0.2) is 144 Å². The van der Waals surface area contributed by atoms with Gasteiger partial charge in [-0.2, -0.15) is 0 Å². The number of fused-ring (bicyclic) bond motifs is 3. The van der Waals surface area contributed by atoms with Crippen LogP contribution in [-0.4, -0.2) is 9.97 Å². The number of furan rings is 1. The van der Waals surface area contributed by atoms with E-state index in [9.17, 15) is 0 Å². The molecule has 277 valence electrons. The van der Waals surface area contributed by atoms with Gasteiger partial charge in [0, 0.05) is 68.1 Å². The summed E-state index contributed by atoms with van der Waals surface area (Å²) in [4.78, 5) is 8.56. The Kier molecular flexibility index (Phi) is 8.13. The summed E-state index contributed by atoms with van der Waals surface area (Å²) in [5.41, 5.74) is 10.4. The van der Waals surface area contributed by atoms with Crippen LogP contribution in [-0.2, 0) is 20.1 Å². The maximum absolute atomic E-state index is 9.10. The second-order valence-corrected chi connectivity index (χ2v) is 14.7. The number of pyridine rings is 2. The van der Waals surface area contributed by atoms with Crippen molar-refractivity contribution in [1.82, 2.24) is 9.97 Å². The van der Waals surface area contributed by atoms with Crippen LogP contribution in [0.3, 0.4) is 0 Å². The van der Waals surface area contributed by atoms with Gasteiger partial charge in [-0.25, -0.2) is 0 Å². The van der Waals surface area contributed by atoms with Crippen LogP contribution >= 0.6 is 0 Å². The van der Waals surface area contributed by atoms with Gasteiger partial charge in [-0.3, -0.25) is 4.98 Å². The molecule has 4 heteroatoms. The van der Waals surface area contributed by atoms with Crippen molar-refractivity contribution in [3.05, 3.63) is 168 Å². The van der Waals surface area contributed by atoms with E-state index in [1.807, 2.05) is 24.3 Å². The Morgan fingerprint density at radius 2 is 1.29 bits per heavy atom. The predicted octanol–water partition coefficient (Wildman–Crippen LogP) is 14.1. The Bertz CT molecular complexity index is 2850. The first kappa shape index (κ1) is 27.4. The summed E-state index contributed by atoms with van der Waals surface area (Å²) in [6, 6.07) is 42.8. The first-order valence-corrected chi connectivity index (χ1v) is 18.3. The number of hydrogen-bond donors (Lipinski definition) is 0. The molecule has 9 rings (SSSR count). The molecule has 3 aromatic heterocycles. The van der Waals surface area contributed by atoms with Gasteiger partial charge in [0.2, 0.25) is 0 Å². The average Bonchev–Trinajstić information content (AvgIpc) is 3.67. The molecule has 8 aromatic rings. The molecule has 55 heavy (non-hydrogen) atoms. The summed E-state index contributed by atoms with van der Waals surface area (Å²) in [7, 11) is 0. The normalized spacial score (nSPS) is 17.9. The van der Waals surface area contributed by atoms with Crippen LogP contribution in [0, 0.1) is 32.0 Å². The van der Waals surface area contributed by atoms with E-state index < -0.39 is 26.4 Å². The van der Waals surface area contributed by atoms with Gasteiger partial charge in [0.1, 0.15) is 11.2 Å². The Morgan fingerprint density at radius 1 is 0.655 bits per heavy atom. The van der Waals surface area contributed by atoms with E-state index in [1.54, 1.807) is 24.4 Å². The maximum atomic E-state index is 9.10. The van der Waals surface area contributed by atoms with Crippen molar-refractivity contribution in [2.75, 3.05) is 0 Å². The molecule has 0 amide bonds. The van der Waals surface area contributed by atoms with Crippen molar-refractivity contribution in [3.63, 3.8) is 0 Å². The second-order valence-electron chi connectivity index (χ2n) is 14.7. The van der Waals surface area contributed by atoms with Crippen molar-refractivity contribution in [3.8, 4) is 44.8 Å². The molecule has 1 aliphatic carbocycles. The van der Waals surface area contributed by atoms with Gasteiger partial charge in [0.25, 0.3) is 0 Å². The minimum Gasteiger partial charge on any atom is -0.455 e. The van der Waals surface area contributed by atoms with Crippen LogP contribution in [0.2, 0.25) is 0 Å². The molecule has 1 fully saturated rings. The zero-order valence-electron chi connectivity index (χ0n) is 40.7. The standard InChI is InChI=1S/C38H35NO.C13H12N.Ir/c1-25-20-23-39-35(24-25)34-9-5-8-33-32-7-4-6-31(36(32)40-37(33)34)30-16-14-27(15-17-30)26-10-12-28(13-11-26)29-18-21-38(2,3)22-19-29;1-10-3-6-12(7-4-10)13-8-5-11(2)9-14-13;/h4-17,20,23-24,29H,18-19,21-22H2,1-3H3;3-6,8-9H,1-2H3;/q;-1;/i1D3,29D;1D3,2D3;. The fourth-order valence-corrected chi connectivity index (χ4v) is 7.22. The van der Waals surface area contributed by atoms with Crippen LogP contribution in [0.25, 0.3) is 66.7 Å². The first-order chi connectivity index (χ1) is 30.2. The topological polar surface area (TPSA) is 38.9 Å². The van der Waals surface area contributed by atoms with E-state index in [0.717, 1.165) is 75.4 Å². The second kappa shape index (κ2) is 16.3. The summed E-state index contributed by atoms with van der Waals surface area (Å²) in [6.45, 7) is -1.93. The Morgan fingerprint density at radius 3 is 1.93 bits per heavy atom. The van der Waals surface area contributed by atoms with Crippen molar-refractivity contribution in [1.29, 1.82) is 0 Å². The Balaban J connectivity index is 0.000000253. The van der Waals surface area contributed by atoms with E-state index in [1.165, 1.54) is 30.5 Å². The third kappa shape index (κ3) is 8.42. The number of nitrogens with zero attached hydrogens (tertiary/aromatic N) is 2. The van der Waals surface area contributed by atoms with Crippen molar-refractivity contribution >= 4 is 21.9 Å². The van der Waals surface area contributed by atoms with E-state index in [-0.39, 0.29) is 36.8 Å². The SMILES string of the molecule is [2H]C([2H])([2H])c1c[c-]c(-c2ccc(C([2H])([2H])[2H])cn2)cc1.[2H]C([2H])([2H])c1ccnc(-c2cccc3c2oc2c(-c4ccc(-c5ccc(C6([2H])CCC(C)(C)CC6)cc5)cc4)cccc23)c1.[Ir]. The van der Waals surface area contributed by atoms with Gasteiger partial charge in [0.05, 0.1) is 5.69 Å². The Hall–Kier alpha value is -5.15. The molecule has 0 bridgehead atoms. The first-order valence-electron chi connectivity index (χ1n) is 23.3. The number of para-hydroxylation sites is 2. The van der Waals surface area contributed by atoms with Gasteiger partial charge in [-0.15, -0.1) is 35.4 Å². The molecule has 0 N–H and O–H groups in total. The summed E-state index contributed by atoms with van der Waals surface area (Å²) in [5.74, 6) is -0.489. The zero-order chi connectivity index (χ0) is 45.7. The fraction of sp³-hybridized carbons (Fsp3) is 0.216. The van der Waals surface area contributed by atoms with Gasteiger partial charge < -0.3 is 9.40 Å². The molecule has 5 aromatic carbocycles. The number of aromatic nitrogens is 2. The number of benzene rings is 5. The van der Waals surface area contributed by atoms with Crippen molar-refractivity contribution in [2.24, 2.45) is 5.41 Å². The molecule has 0 spiro atoms. The summed E-state index contributed by atoms with van der Waals surface area (Å²) < 4.78 is 82.8. The number of rotatable bonds is 5. The van der Waals surface area contributed by atoms with Crippen LogP contribution in [0.5, 0.6) is 0 Å². The number of hydrogen-bond acceptors (Lipinski definition) is 3. The molecule has 1 aliphatic rings. The smallest absolute Gasteiger partial charge is 0.144 e. The van der Waals surface area contributed by atoms with Gasteiger partial charge in [0.15, 0.2) is 0 Å². The zero-order valence-corrected chi connectivity index (χ0v) is 33.1. The van der Waals surface area contributed by atoms with Crippen molar-refractivity contribution < 1.29 is 38.2 Å². The fourth-order valence-electron chi connectivity index (χ4n) is 7.22. The van der Waals surface area contributed by atoms with E-state index >= 15 is 0 Å². The van der Waals surface area contributed by atoms with E-state index in [4.69, 9.17) is 18.1 Å². The molecular weight excluding hydrogens is 849 g/mol. The quantitative estimate of drug-likeness (QED) is 0.162. The maximum Gasteiger partial charge on any atom is 0.144 e. The van der Waals surface area contributed by atoms with Crippen molar-refractivity contribution in [2.45, 2.75) is 66.0 Å². The minimum absolute atomic E-state index is 0. The van der Waals surface area contributed by atoms with Crippen LogP contribution in [0.1, 0.15) is 81.4 Å². The van der Waals surface area contributed by atoms with Crippen LogP contribution < -0.4 is 0 Å². The third-order valence-corrected chi connectivity index (χ3v) is 10.4. The van der Waals surface area contributed by atoms with Gasteiger partial charge in [-0.05, 0) is 108 Å². The third-order valence-electron chi connectivity index (χ3n) is 10.4. The molecule has 0 saturated heterocycles. The molecule has 0 unspecified atom stereocenters. The summed E-state index contributed by atoms with van der Waals surface area (Å²) >= 11 is 0. The number of aryl methyl sites for hydroxylation is 3. The summed E-state index contributed by atoms with van der Waals surface area (Å²) in [6.07, 6.45) is 6.85. The molecule has 3 heterocycles. The molecule has 0 atom stereocenters. The monoisotopic (exact) mass is 906 g/mol. The van der Waals surface area contributed by atoms with Gasteiger partial charge >= 0.3 is 0 Å². The Labute approximate surface area is 353 Å². The van der Waals surface area contributed by atoms with E-state index in [2.05, 4.69) is 90.5 Å². The molecule has 3 nitrogen and oxygen atoms in total. The molecular formula is C51H47IrN2O-. The summed E-state index contributed by atoms with van der Waals surface area (Å²) in [5, 5.41) is 1.97. The largest absolute Gasteiger partial charge is 0.455 e. The average molecular weight is 906 g/mol. The van der Waals surface area contributed by atoms with Gasteiger partial charge in [-0.1, -0.05) is 112 Å². The predicted molar refractivity (Wildman–Crippen MR) is 226 cm³/mol. The molecule has 1 radical (unpaired) electrons. The molecule has 0 aliphatic heterocycles. The van der Waals surface area contributed by atoms with Crippen LogP contribution in [0.4, 0.5) is 0 Å². The van der Waals surface area contributed by atoms with E-state index in [0.29, 0.717) is 27.9 Å². The molecule has 1 saturated carbocycles. The minimum atomic E-state index is -2.21.